The maximum Gasteiger partial charge on any atom is 2.00 e. The molecule has 0 aromatic rings. The van der Waals surface area contributed by atoms with E-state index in [0.29, 0.717) is 0 Å². The molecule has 0 bridgehead atoms. The second-order valence-corrected chi connectivity index (χ2v) is 9.61. The average molecular weight is 215 g/mol. The van der Waals surface area contributed by atoms with Crippen LogP contribution in [0, 0.1) is 13.8 Å². The first-order valence-corrected chi connectivity index (χ1v) is 7.52. The molecule has 0 aliphatic heterocycles. The number of hydrogen-bond acceptors (Lipinski definition) is 0. The Labute approximate surface area is 83.1 Å². The molecule has 1 aliphatic rings. The molecule has 0 spiro atoms. The Balaban J connectivity index is 0. The standard InChI is InChI=1S/C8H17Si.CH3.Ni/c1-9(2,3)8-6-4-5-7-8;;/h6,8H,4-5,7H2,1-3H3;1H3;/q2*-1;+2. The van der Waals surface area contributed by atoms with Crippen molar-refractivity contribution < 1.29 is 16.5 Å². The van der Waals surface area contributed by atoms with E-state index in [-0.39, 0.29) is 23.9 Å². The van der Waals surface area contributed by atoms with Gasteiger partial charge in [0, 0.05) is 8.07 Å². The third-order valence-electron chi connectivity index (χ3n) is 2.28. The second-order valence-electron chi connectivity index (χ2n) is 4.14. The third-order valence-corrected chi connectivity index (χ3v) is 5.03. The van der Waals surface area contributed by atoms with Crippen molar-refractivity contribution in [2.45, 2.75) is 44.4 Å². The molecule has 11 heavy (non-hydrogen) atoms. The van der Waals surface area contributed by atoms with Crippen LogP contribution in [0.1, 0.15) is 19.3 Å². The quantitative estimate of drug-likeness (QED) is 0.463. The summed E-state index contributed by atoms with van der Waals surface area (Å²) >= 11 is 0. The van der Waals surface area contributed by atoms with Crippen LogP contribution in [0.25, 0.3) is 0 Å². The van der Waals surface area contributed by atoms with Crippen LogP contribution >= 0.6 is 0 Å². The molecule has 1 saturated carbocycles. The summed E-state index contributed by atoms with van der Waals surface area (Å²) in [5.74, 6) is 0. The minimum Gasteiger partial charge on any atom is -0.358 e. The van der Waals surface area contributed by atoms with Crippen LogP contribution in [0.2, 0.25) is 25.2 Å². The molecule has 1 fully saturated rings. The molecule has 0 heterocycles. The van der Waals surface area contributed by atoms with Gasteiger partial charge in [0.1, 0.15) is 0 Å². The van der Waals surface area contributed by atoms with Gasteiger partial charge >= 0.3 is 16.5 Å². The molecule has 1 unspecified atom stereocenters. The predicted octanol–water partition coefficient (Wildman–Crippen LogP) is 3.53. The van der Waals surface area contributed by atoms with Gasteiger partial charge in [-0.25, -0.2) is 0 Å². The molecule has 1 rings (SSSR count). The summed E-state index contributed by atoms with van der Waals surface area (Å²) in [5.41, 5.74) is 1.03. The molecule has 0 aromatic carbocycles. The average Bonchev–Trinajstić information content (AvgIpc) is 2.08. The number of rotatable bonds is 1. The molecule has 0 saturated heterocycles. The van der Waals surface area contributed by atoms with E-state index in [9.17, 15) is 0 Å². The molecule has 0 nitrogen and oxygen atoms in total. The van der Waals surface area contributed by atoms with Crippen LogP contribution in [0.5, 0.6) is 0 Å². The molecule has 0 aromatic heterocycles. The van der Waals surface area contributed by atoms with Crippen molar-refractivity contribution in [3.05, 3.63) is 13.8 Å². The Hall–Kier alpha value is 0.710. The molecule has 70 valence electrons. The summed E-state index contributed by atoms with van der Waals surface area (Å²) in [7, 11) is -0.780. The van der Waals surface area contributed by atoms with Gasteiger partial charge in [-0.2, -0.15) is 12.0 Å². The summed E-state index contributed by atoms with van der Waals surface area (Å²) in [4.78, 5) is 0. The minimum absolute atomic E-state index is 0. The molecular weight excluding hydrogens is 195 g/mol. The summed E-state index contributed by atoms with van der Waals surface area (Å²) < 4.78 is 0. The molecular formula is C9H20NiSi. The van der Waals surface area contributed by atoms with E-state index in [1.54, 1.807) is 0 Å². The van der Waals surface area contributed by atoms with Crippen molar-refractivity contribution in [3.63, 3.8) is 0 Å². The van der Waals surface area contributed by atoms with Crippen LogP contribution in [-0.4, -0.2) is 8.07 Å². The predicted molar refractivity (Wildman–Crippen MR) is 51.7 cm³/mol. The fourth-order valence-electron chi connectivity index (χ4n) is 1.56. The smallest absolute Gasteiger partial charge is 0.358 e. The van der Waals surface area contributed by atoms with Crippen LogP contribution < -0.4 is 0 Å². The first-order chi connectivity index (χ1) is 4.11. The van der Waals surface area contributed by atoms with Gasteiger partial charge in [0.15, 0.2) is 0 Å². The zero-order valence-electron chi connectivity index (χ0n) is 8.09. The van der Waals surface area contributed by atoms with Gasteiger partial charge in [-0.3, -0.25) is 0 Å². The third kappa shape index (κ3) is 4.32. The molecule has 0 N–H and O–H groups in total. The van der Waals surface area contributed by atoms with Crippen molar-refractivity contribution in [1.82, 2.24) is 0 Å². The maximum atomic E-state index is 2.55. The number of hydrogen-bond donors (Lipinski definition) is 0. The Kier molecular flexibility index (Phi) is 6.96. The fourth-order valence-corrected chi connectivity index (χ4v) is 3.51. The van der Waals surface area contributed by atoms with Gasteiger partial charge in [0.05, 0.1) is 0 Å². The minimum atomic E-state index is -0.780. The van der Waals surface area contributed by atoms with E-state index < -0.39 is 8.07 Å². The Morgan fingerprint density at radius 1 is 1.27 bits per heavy atom. The van der Waals surface area contributed by atoms with E-state index >= 15 is 0 Å². The summed E-state index contributed by atoms with van der Waals surface area (Å²) in [6.07, 6.45) is 6.87. The van der Waals surface area contributed by atoms with Crippen LogP contribution in [0.3, 0.4) is 0 Å². The topological polar surface area (TPSA) is 0 Å². The Morgan fingerprint density at radius 2 is 1.82 bits per heavy atom. The van der Waals surface area contributed by atoms with Gasteiger partial charge < -0.3 is 13.8 Å². The molecule has 0 radical (unpaired) electrons. The van der Waals surface area contributed by atoms with Crippen molar-refractivity contribution in [1.29, 1.82) is 0 Å². The summed E-state index contributed by atoms with van der Waals surface area (Å²) in [6, 6.07) is 0. The van der Waals surface area contributed by atoms with Gasteiger partial charge in [-0.15, -0.1) is 0 Å². The van der Waals surface area contributed by atoms with Gasteiger partial charge in [-0.05, 0) is 0 Å². The van der Waals surface area contributed by atoms with Crippen molar-refractivity contribution in [3.8, 4) is 0 Å². The molecule has 2 heteroatoms. The monoisotopic (exact) mass is 214 g/mol. The molecule has 0 amide bonds. The van der Waals surface area contributed by atoms with Crippen molar-refractivity contribution in [2.24, 2.45) is 0 Å². The Bertz CT molecular complexity index is 90.2. The van der Waals surface area contributed by atoms with Crippen molar-refractivity contribution >= 4 is 8.07 Å². The van der Waals surface area contributed by atoms with Crippen molar-refractivity contribution in [2.75, 3.05) is 0 Å². The Morgan fingerprint density at radius 3 is 2.00 bits per heavy atom. The first-order valence-electron chi connectivity index (χ1n) is 3.94. The molecule has 1 atom stereocenters. The second kappa shape index (κ2) is 5.37. The van der Waals surface area contributed by atoms with Crippen LogP contribution in [-0.2, 0) is 16.5 Å². The normalized spacial score (nSPS) is 23.7. The summed E-state index contributed by atoms with van der Waals surface area (Å²) in [6.45, 7) is 7.42. The van der Waals surface area contributed by atoms with E-state index in [0.717, 1.165) is 5.54 Å². The first kappa shape index (κ1) is 14.2. The van der Waals surface area contributed by atoms with Gasteiger partial charge in [-0.1, -0.05) is 32.5 Å². The van der Waals surface area contributed by atoms with E-state index in [1.807, 2.05) is 0 Å². The van der Waals surface area contributed by atoms with E-state index in [4.69, 9.17) is 0 Å². The zero-order chi connectivity index (χ0) is 6.91. The van der Waals surface area contributed by atoms with E-state index in [1.165, 1.54) is 19.3 Å². The van der Waals surface area contributed by atoms with Crippen LogP contribution in [0.4, 0.5) is 0 Å². The molecule has 1 aliphatic carbocycles. The fraction of sp³-hybridized carbons (Fsp3) is 0.778. The van der Waals surface area contributed by atoms with Gasteiger partial charge in [0.25, 0.3) is 0 Å². The summed E-state index contributed by atoms with van der Waals surface area (Å²) in [5, 5.41) is 0. The van der Waals surface area contributed by atoms with Crippen LogP contribution in [0.15, 0.2) is 0 Å². The maximum absolute atomic E-state index is 2.55. The SMILES string of the molecule is C[Si](C)(C)C1[CH-]CCC1.[CH3-].[Ni+2]. The zero-order valence-corrected chi connectivity index (χ0v) is 10.1. The van der Waals surface area contributed by atoms with E-state index in [2.05, 4.69) is 26.1 Å². The largest absolute Gasteiger partial charge is 2.00 e. The van der Waals surface area contributed by atoms with Gasteiger partial charge in [0.2, 0.25) is 0 Å².